The number of hydrogen-bond donors (Lipinski definition) is 1. The van der Waals surface area contributed by atoms with Crippen LogP contribution in [-0.4, -0.2) is 41.1 Å². The Labute approximate surface area is 160 Å². The molecule has 0 aliphatic carbocycles. The lowest BCUT2D eigenvalue weighted by atomic mass is 10.2. The summed E-state index contributed by atoms with van der Waals surface area (Å²) in [4.78, 5) is 11.6. The number of methoxy groups -OCH3 is 1. The zero-order chi connectivity index (χ0) is 19.2. The second-order valence-electron chi connectivity index (χ2n) is 6.45. The Balaban J connectivity index is 1.75. The molecule has 1 aromatic heterocycles. The third kappa shape index (κ3) is 4.39. The highest BCUT2D eigenvalue weighted by Crippen LogP contribution is 2.15. The van der Waals surface area contributed by atoms with Crippen LogP contribution in [0.2, 0.25) is 0 Å². The first-order chi connectivity index (χ1) is 13.1. The summed E-state index contributed by atoms with van der Waals surface area (Å²) < 4.78 is 7.33. The maximum absolute atomic E-state index is 5.22. The van der Waals surface area contributed by atoms with Gasteiger partial charge in [0.05, 0.1) is 18.1 Å². The van der Waals surface area contributed by atoms with E-state index in [2.05, 4.69) is 39.9 Å². The van der Waals surface area contributed by atoms with Gasteiger partial charge in [-0.25, -0.2) is 9.98 Å². The molecule has 6 heteroatoms. The van der Waals surface area contributed by atoms with Crippen molar-refractivity contribution in [2.45, 2.75) is 20.0 Å². The highest BCUT2D eigenvalue weighted by Gasteiger charge is 2.10. The fourth-order valence-electron chi connectivity index (χ4n) is 3.03. The van der Waals surface area contributed by atoms with E-state index < -0.39 is 0 Å². The van der Waals surface area contributed by atoms with Crippen LogP contribution in [0.5, 0.6) is 5.75 Å². The minimum absolute atomic E-state index is 0.528. The number of aliphatic imine (C=N–C) groups is 1. The third-order valence-corrected chi connectivity index (χ3v) is 4.53. The molecule has 0 unspecified atom stereocenters. The first kappa shape index (κ1) is 18.8. The number of ether oxygens (including phenoxy) is 1. The zero-order valence-corrected chi connectivity index (χ0v) is 16.4. The lowest BCUT2D eigenvalue weighted by molar-refractivity contribution is 0.414. The summed E-state index contributed by atoms with van der Waals surface area (Å²) in [6.45, 7) is 4.18. The molecule has 0 radical (unpaired) electrons. The summed E-state index contributed by atoms with van der Waals surface area (Å²) in [5.41, 5.74) is 3.33. The van der Waals surface area contributed by atoms with Gasteiger partial charge >= 0.3 is 0 Å². The lowest BCUT2D eigenvalue weighted by Gasteiger charge is -2.22. The molecule has 0 spiro atoms. The predicted octanol–water partition coefficient (Wildman–Crippen LogP) is 3.18. The van der Waals surface area contributed by atoms with Gasteiger partial charge in [0.15, 0.2) is 5.96 Å². The lowest BCUT2D eigenvalue weighted by Crippen LogP contribution is -2.38. The van der Waals surface area contributed by atoms with Crippen LogP contribution in [-0.2, 0) is 20.1 Å². The third-order valence-electron chi connectivity index (χ3n) is 4.53. The maximum Gasteiger partial charge on any atom is 0.194 e. The molecule has 2 aromatic carbocycles. The van der Waals surface area contributed by atoms with E-state index in [1.165, 1.54) is 5.56 Å². The van der Waals surface area contributed by atoms with Gasteiger partial charge < -0.3 is 19.5 Å². The van der Waals surface area contributed by atoms with Crippen LogP contribution in [0, 0.1) is 0 Å². The average molecular weight is 365 g/mol. The highest BCUT2D eigenvalue weighted by molar-refractivity contribution is 5.80. The first-order valence-electron chi connectivity index (χ1n) is 9.15. The summed E-state index contributed by atoms with van der Waals surface area (Å²) in [7, 11) is 5.76. The van der Waals surface area contributed by atoms with Gasteiger partial charge in [0.2, 0.25) is 0 Å². The van der Waals surface area contributed by atoms with Crippen LogP contribution >= 0.6 is 0 Å². The van der Waals surface area contributed by atoms with E-state index >= 15 is 0 Å². The number of benzene rings is 2. The fraction of sp³-hybridized carbons (Fsp3) is 0.333. The summed E-state index contributed by atoms with van der Waals surface area (Å²) in [5.74, 6) is 2.67. The number of nitrogens with one attached hydrogen (secondary N) is 1. The number of aromatic nitrogens is 2. The summed E-state index contributed by atoms with van der Waals surface area (Å²) >= 11 is 0. The molecule has 0 saturated carbocycles. The van der Waals surface area contributed by atoms with Crippen LogP contribution in [0.4, 0.5) is 0 Å². The molecule has 0 fully saturated rings. The molecular formula is C21H27N5O. The average Bonchev–Trinajstić information content (AvgIpc) is 3.01. The van der Waals surface area contributed by atoms with Crippen molar-refractivity contribution < 1.29 is 4.74 Å². The van der Waals surface area contributed by atoms with E-state index in [-0.39, 0.29) is 0 Å². The van der Waals surface area contributed by atoms with E-state index in [0.717, 1.165) is 41.7 Å². The van der Waals surface area contributed by atoms with E-state index in [1.807, 2.05) is 44.4 Å². The first-order valence-corrected chi connectivity index (χ1v) is 9.15. The molecule has 0 aliphatic rings. The van der Waals surface area contributed by atoms with E-state index in [4.69, 9.17) is 14.7 Å². The molecule has 0 saturated heterocycles. The Morgan fingerprint density at radius 1 is 1.19 bits per heavy atom. The van der Waals surface area contributed by atoms with Crippen molar-refractivity contribution in [1.29, 1.82) is 0 Å². The van der Waals surface area contributed by atoms with Crippen molar-refractivity contribution in [2.75, 3.05) is 20.7 Å². The normalized spacial score (nSPS) is 11.6. The van der Waals surface area contributed by atoms with Crippen LogP contribution < -0.4 is 10.1 Å². The van der Waals surface area contributed by atoms with E-state index in [0.29, 0.717) is 6.54 Å². The molecule has 27 heavy (non-hydrogen) atoms. The minimum Gasteiger partial charge on any atom is -0.497 e. The molecular weight excluding hydrogens is 338 g/mol. The quantitative estimate of drug-likeness (QED) is 0.538. The zero-order valence-electron chi connectivity index (χ0n) is 16.4. The van der Waals surface area contributed by atoms with E-state index in [1.54, 1.807) is 7.11 Å². The highest BCUT2D eigenvalue weighted by atomic mass is 16.5. The Morgan fingerprint density at radius 2 is 1.93 bits per heavy atom. The van der Waals surface area contributed by atoms with Crippen LogP contribution in [0.25, 0.3) is 11.0 Å². The number of guanidine groups is 1. The van der Waals surface area contributed by atoms with Crippen LogP contribution in [0.1, 0.15) is 18.3 Å². The Hall–Kier alpha value is -3.02. The molecule has 0 amide bonds. The molecule has 6 nitrogen and oxygen atoms in total. The Morgan fingerprint density at radius 3 is 2.59 bits per heavy atom. The van der Waals surface area contributed by atoms with Gasteiger partial charge in [0.1, 0.15) is 18.1 Å². The number of aryl methyl sites for hydroxylation is 1. The predicted molar refractivity (Wildman–Crippen MR) is 110 cm³/mol. The summed E-state index contributed by atoms with van der Waals surface area (Å²) in [6, 6.07) is 16.3. The number of rotatable bonds is 6. The smallest absolute Gasteiger partial charge is 0.194 e. The summed E-state index contributed by atoms with van der Waals surface area (Å²) in [6.07, 6.45) is 0. The van der Waals surface area contributed by atoms with Gasteiger partial charge in [-0.1, -0.05) is 24.3 Å². The number of hydrogen-bond acceptors (Lipinski definition) is 3. The molecule has 142 valence electrons. The number of fused-ring (bicyclic) bond motifs is 1. The van der Waals surface area contributed by atoms with Crippen LogP contribution in [0.3, 0.4) is 0 Å². The second-order valence-corrected chi connectivity index (χ2v) is 6.45. The standard InChI is InChI=1S/C21H27N5O/c1-5-22-21(25(2)15-16-10-12-17(27-4)13-11-16)23-14-20-24-18-8-6-7-9-19(18)26(20)3/h6-13H,5,14-15H2,1-4H3,(H,22,23). The molecule has 1 heterocycles. The SMILES string of the molecule is CCNC(=NCc1nc2ccccc2n1C)N(C)Cc1ccc(OC)cc1. The molecule has 0 atom stereocenters. The van der Waals surface area contributed by atoms with Crippen molar-refractivity contribution in [3.63, 3.8) is 0 Å². The van der Waals surface area contributed by atoms with Crippen molar-refractivity contribution in [3.8, 4) is 5.75 Å². The van der Waals surface area contributed by atoms with Crippen molar-refractivity contribution >= 4 is 17.0 Å². The van der Waals surface area contributed by atoms with Crippen molar-refractivity contribution in [3.05, 3.63) is 59.9 Å². The topological polar surface area (TPSA) is 54.7 Å². The summed E-state index contributed by atoms with van der Waals surface area (Å²) in [5, 5.41) is 3.36. The van der Waals surface area contributed by atoms with Gasteiger partial charge in [0.25, 0.3) is 0 Å². The maximum atomic E-state index is 5.22. The van der Waals surface area contributed by atoms with Crippen LogP contribution in [0.15, 0.2) is 53.5 Å². The number of nitrogens with zero attached hydrogens (tertiary/aromatic N) is 4. The fourth-order valence-corrected chi connectivity index (χ4v) is 3.03. The van der Waals surface area contributed by atoms with Gasteiger partial charge in [-0.15, -0.1) is 0 Å². The van der Waals surface area contributed by atoms with Crippen molar-refractivity contribution in [2.24, 2.45) is 12.0 Å². The van der Waals surface area contributed by atoms with Gasteiger partial charge in [0, 0.05) is 27.2 Å². The van der Waals surface area contributed by atoms with Gasteiger partial charge in [-0.3, -0.25) is 0 Å². The minimum atomic E-state index is 0.528. The van der Waals surface area contributed by atoms with Crippen molar-refractivity contribution in [1.82, 2.24) is 19.8 Å². The number of imidazole rings is 1. The largest absolute Gasteiger partial charge is 0.497 e. The second kappa shape index (κ2) is 8.58. The molecule has 3 aromatic rings. The van der Waals surface area contributed by atoms with Gasteiger partial charge in [-0.2, -0.15) is 0 Å². The molecule has 3 rings (SSSR count). The van der Waals surface area contributed by atoms with Gasteiger partial charge in [-0.05, 0) is 36.8 Å². The Kier molecular flexibility index (Phi) is 5.96. The van der Waals surface area contributed by atoms with E-state index in [9.17, 15) is 0 Å². The molecule has 0 bridgehead atoms. The Bertz CT molecular complexity index is 914. The molecule has 1 N–H and O–H groups in total. The molecule has 0 aliphatic heterocycles. The number of para-hydroxylation sites is 2. The monoisotopic (exact) mass is 365 g/mol.